The number of Topliss-reactive ketones (excluding diaryl/α,β-unsaturated/α-hetero) is 1. The monoisotopic (exact) mass is 295 g/mol. The third-order valence-corrected chi connectivity index (χ3v) is 2.69. The molecule has 0 amide bonds. The van der Waals surface area contributed by atoms with E-state index in [0.29, 0.717) is 6.07 Å². The quantitative estimate of drug-likeness (QED) is 0.613. The predicted molar refractivity (Wildman–Crippen MR) is 63.5 cm³/mol. The molecule has 0 aliphatic heterocycles. The van der Waals surface area contributed by atoms with Crippen molar-refractivity contribution in [2.75, 3.05) is 13.1 Å². The summed E-state index contributed by atoms with van der Waals surface area (Å²) in [5.74, 6) is -2.66. The van der Waals surface area contributed by atoms with Gasteiger partial charge >= 0.3 is 6.18 Å². The Morgan fingerprint density at radius 3 is 2.35 bits per heavy atom. The smallest absolute Gasteiger partial charge is 0.293 e. The van der Waals surface area contributed by atoms with Crippen molar-refractivity contribution in [3.8, 4) is 0 Å². The molecule has 1 aromatic carbocycles. The molecule has 20 heavy (non-hydrogen) atoms. The number of rotatable bonds is 5. The molecule has 1 rings (SSSR count). The number of nitrogens with zero attached hydrogens (tertiary/aromatic N) is 1. The first kappa shape index (κ1) is 16.6. The van der Waals surface area contributed by atoms with Gasteiger partial charge in [-0.15, -0.1) is 0 Å². The van der Waals surface area contributed by atoms with Crippen LogP contribution < -0.4 is 0 Å². The minimum atomic E-state index is -4.47. The molecule has 1 aromatic rings. The number of alkyl halides is 3. The molecule has 0 spiro atoms. The summed E-state index contributed by atoms with van der Waals surface area (Å²) >= 11 is 0. The molecule has 112 valence electrons. The van der Waals surface area contributed by atoms with Crippen LogP contribution in [0, 0.1) is 11.6 Å². The minimum Gasteiger partial charge on any atom is -0.293 e. The molecule has 0 aromatic heterocycles. The highest BCUT2D eigenvalue weighted by Crippen LogP contribution is 2.19. The first-order chi connectivity index (χ1) is 9.10. The van der Waals surface area contributed by atoms with E-state index >= 15 is 0 Å². The van der Waals surface area contributed by atoms with Gasteiger partial charge in [0, 0.05) is 6.04 Å². The summed E-state index contributed by atoms with van der Waals surface area (Å²) in [5, 5.41) is 0. The number of carbonyl (C=O) groups excluding carboxylic acids is 1. The summed E-state index contributed by atoms with van der Waals surface area (Å²) in [7, 11) is 0. The lowest BCUT2D eigenvalue weighted by atomic mass is 10.1. The van der Waals surface area contributed by atoms with Gasteiger partial charge in [-0.1, -0.05) is 0 Å². The van der Waals surface area contributed by atoms with Crippen molar-refractivity contribution in [2.45, 2.75) is 26.1 Å². The summed E-state index contributed by atoms with van der Waals surface area (Å²) in [4.78, 5) is 12.7. The Morgan fingerprint density at radius 1 is 1.25 bits per heavy atom. The van der Waals surface area contributed by atoms with Gasteiger partial charge in [0.25, 0.3) is 0 Å². The summed E-state index contributed by atoms with van der Waals surface area (Å²) in [6, 6.07) is 1.73. The van der Waals surface area contributed by atoms with Crippen LogP contribution in [0.2, 0.25) is 0 Å². The second kappa shape index (κ2) is 6.30. The molecule has 0 unspecified atom stereocenters. The molecule has 7 heteroatoms. The summed E-state index contributed by atoms with van der Waals surface area (Å²) in [5.41, 5.74) is -0.544. The SMILES string of the molecule is CC(C)N(CC(=O)c1cc(F)ccc1F)CC(F)(F)F. The third-order valence-electron chi connectivity index (χ3n) is 2.69. The molecule has 0 saturated heterocycles. The molecule has 0 atom stereocenters. The van der Waals surface area contributed by atoms with E-state index in [1.807, 2.05) is 0 Å². The lowest BCUT2D eigenvalue weighted by Gasteiger charge is -2.26. The van der Waals surface area contributed by atoms with E-state index in [1.54, 1.807) is 0 Å². The fourth-order valence-electron chi connectivity index (χ4n) is 1.63. The number of hydrogen-bond acceptors (Lipinski definition) is 2. The Kier molecular flexibility index (Phi) is 5.21. The van der Waals surface area contributed by atoms with E-state index in [-0.39, 0.29) is 0 Å². The van der Waals surface area contributed by atoms with Gasteiger partial charge in [-0.25, -0.2) is 8.78 Å². The van der Waals surface area contributed by atoms with Crippen molar-refractivity contribution in [3.63, 3.8) is 0 Å². The van der Waals surface area contributed by atoms with Crippen LogP contribution in [0.1, 0.15) is 24.2 Å². The summed E-state index contributed by atoms with van der Waals surface area (Å²) in [6.45, 7) is 1.06. The molecule has 0 heterocycles. The molecule has 0 aliphatic carbocycles. The van der Waals surface area contributed by atoms with Gasteiger partial charge < -0.3 is 0 Å². The van der Waals surface area contributed by atoms with Crippen LogP contribution in [0.25, 0.3) is 0 Å². The fraction of sp³-hybridized carbons (Fsp3) is 0.462. The maximum atomic E-state index is 13.4. The normalized spacial score (nSPS) is 12.2. The molecular weight excluding hydrogens is 281 g/mol. The fourth-order valence-corrected chi connectivity index (χ4v) is 1.63. The van der Waals surface area contributed by atoms with Gasteiger partial charge in [-0.05, 0) is 32.0 Å². The van der Waals surface area contributed by atoms with Crippen molar-refractivity contribution >= 4 is 5.78 Å². The number of hydrogen-bond donors (Lipinski definition) is 0. The van der Waals surface area contributed by atoms with E-state index < -0.39 is 48.3 Å². The lowest BCUT2D eigenvalue weighted by molar-refractivity contribution is -0.148. The number of carbonyl (C=O) groups is 1. The molecule has 0 aliphatic rings. The van der Waals surface area contributed by atoms with E-state index in [4.69, 9.17) is 0 Å². The number of benzene rings is 1. The predicted octanol–water partition coefficient (Wildman–Crippen LogP) is 3.42. The Bertz CT molecular complexity index is 484. The number of ketones is 1. The maximum Gasteiger partial charge on any atom is 0.401 e. The van der Waals surface area contributed by atoms with E-state index in [1.165, 1.54) is 13.8 Å². The molecule has 0 fully saturated rings. The highest BCUT2D eigenvalue weighted by molar-refractivity contribution is 5.97. The van der Waals surface area contributed by atoms with Crippen LogP contribution in [-0.2, 0) is 0 Å². The summed E-state index contributed by atoms with van der Waals surface area (Å²) in [6.07, 6.45) is -4.47. The second-order valence-corrected chi connectivity index (χ2v) is 4.66. The van der Waals surface area contributed by atoms with Crippen molar-refractivity contribution in [1.82, 2.24) is 4.90 Å². The zero-order valence-corrected chi connectivity index (χ0v) is 11.0. The van der Waals surface area contributed by atoms with Crippen LogP contribution in [0.3, 0.4) is 0 Å². The van der Waals surface area contributed by atoms with Crippen LogP contribution in [0.5, 0.6) is 0 Å². The number of halogens is 5. The van der Waals surface area contributed by atoms with Crippen molar-refractivity contribution in [1.29, 1.82) is 0 Å². The van der Waals surface area contributed by atoms with Crippen molar-refractivity contribution in [3.05, 3.63) is 35.4 Å². The van der Waals surface area contributed by atoms with Crippen LogP contribution in [0.15, 0.2) is 18.2 Å². The van der Waals surface area contributed by atoms with Gasteiger partial charge in [0.1, 0.15) is 11.6 Å². The van der Waals surface area contributed by atoms with E-state index in [9.17, 15) is 26.7 Å². The highest BCUT2D eigenvalue weighted by atomic mass is 19.4. The molecule has 0 saturated carbocycles. The molecule has 0 radical (unpaired) electrons. The van der Waals surface area contributed by atoms with E-state index in [0.717, 1.165) is 17.0 Å². The standard InChI is InChI=1S/C13H14F5NO/c1-8(2)19(7-13(16,17)18)6-12(20)10-5-9(14)3-4-11(10)15/h3-5,8H,6-7H2,1-2H3. The molecule has 0 N–H and O–H groups in total. The Morgan fingerprint density at radius 2 is 1.85 bits per heavy atom. The molecule has 2 nitrogen and oxygen atoms in total. The minimum absolute atomic E-state index is 0.544. The Labute approximate surface area is 113 Å². The van der Waals surface area contributed by atoms with Gasteiger partial charge in [0.15, 0.2) is 5.78 Å². The zero-order chi connectivity index (χ0) is 15.5. The Hall–Kier alpha value is -1.50. The highest BCUT2D eigenvalue weighted by Gasteiger charge is 2.33. The molecule has 0 bridgehead atoms. The van der Waals surface area contributed by atoms with Crippen LogP contribution in [0.4, 0.5) is 22.0 Å². The Balaban J connectivity index is 2.88. The second-order valence-electron chi connectivity index (χ2n) is 4.66. The van der Waals surface area contributed by atoms with Gasteiger partial charge in [-0.2, -0.15) is 13.2 Å². The zero-order valence-electron chi connectivity index (χ0n) is 11.0. The van der Waals surface area contributed by atoms with Crippen LogP contribution in [-0.4, -0.2) is 36.0 Å². The average molecular weight is 295 g/mol. The topological polar surface area (TPSA) is 20.3 Å². The van der Waals surface area contributed by atoms with Gasteiger partial charge in [0.2, 0.25) is 0 Å². The van der Waals surface area contributed by atoms with Gasteiger partial charge in [-0.3, -0.25) is 9.69 Å². The van der Waals surface area contributed by atoms with Crippen molar-refractivity contribution < 1.29 is 26.7 Å². The van der Waals surface area contributed by atoms with E-state index in [2.05, 4.69) is 0 Å². The van der Waals surface area contributed by atoms with Crippen LogP contribution >= 0.6 is 0 Å². The van der Waals surface area contributed by atoms with Gasteiger partial charge in [0.05, 0.1) is 18.7 Å². The first-order valence-corrected chi connectivity index (χ1v) is 5.89. The largest absolute Gasteiger partial charge is 0.401 e. The third kappa shape index (κ3) is 4.88. The average Bonchev–Trinajstić information content (AvgIpc) is 2.29. The first-order valence-electron chi connectivity index (χ1n) is 5.89. The maximum absolute atomic E-state index is 13.4. The lowest BCUT2D eigenvalue weighted by Crippen LogP contribution is -2.42. The molecular formula is C13H14F5NO. The summed E-state index contributed by atoms with van der Waals surface area (Å²) < 4.78 is 63.5. The van der Waals surface area contributed by atoms with Crippen molar-refractivity contribution in [2.24, 2.45) is 0 Å².